The molecule has 2 aliphatic rings. The Hall–Kier alpha value is -2.84. The minimum Gasteiger partial charge on any atom is -0.489 e. The smallest absolute Gasteiger partial charge is 0.262 e. The van der Waals surface area contributed by atoms with Gasteiger partial charge in [-0.2, -0.15) is 0 Å². The van der Waals surface area contributed by atoms with E-state index in [1.165, 1.54) is 6.42 Å². The zero-order valence-electron chi connectivity index (χ0n) is 17.5. The molecule has 164 valence electrons. The lowest BCUT2D eigenvalue weighted by Crippen LogP contribution is -2.43. The second-order valence-corrected chi connectivity index (χ2v) is 7.96. The first kappa shape index (κ1) is 21.4. The normalized spacial score (nSPS) is 16.5. The summed E-state index contributed by atoms with van der Waals surface area (Å²) in [6.45, 7) is 5.79. The third kappa shape index (κ3) is 4.60. The largest absolute Gasteiger partial charge is 0.489 e. The van der Waals surface area contributed by atoms with Gasteiger partial charge in [0.1, 0.15) is 17.2 Å². The van der Waals surface area contributed by atoms with E-state index in [0.717, 1.165) is 56.0 Å². The van der Waals surface area contributed by atoms with Gasteiger partial charge in [-0.3, -0.25) is 4.79 Å². The number of rotatable bonds is 5. The highest BCUT2D eigenvalue weighted by Gasteiger charge is 2.23. The summed E-state index contributed by atoms with van der Waals surface area (Å²) < 4.78 is 7.97. The van der Waals surface area contributed by atoms with Crippen LogP contribution in [0.3, 0.4) is 0 Å². The summed E-state index contributed by atoms with van der Waals surface area (Å²) in [6.07, 6.45) is 8.89. The van der Waals surface area contributed by atoms with Gasteiger partial charge in [0.05, 0.1) is 29.2 Å². The van der Waals surface area contributed by atoms with Crippen LogP contribution in [0.15, 0.2) is 36.8 Å². The maximum atomic E-state index is 13.1. The molecule has 2 N–H and O–H groups in total. The van der Waals surface area contributed by atoms with E-state index in [-0.39, 0.29) is 24.4 Å². The van der Waals surface area contributed by atoms with Crippen molar-refractivity contribution in [1.29, 1.82) is 0 Å². The summed E-state index contributed by atoms with van der Waals surface area (Å²) in [6, 6.07) is 5.70. The Bertz CT molecular complexity index is 1060. The lowest BCUT2D eigenvalue weighted by Gasteiger charge is -2.29. The number of carbonyl (C=O) groups excluding carboxylic acids is 1. The second kappa shape index (κ2) is 9.11. The number of fused-ring (bicyclic) bond motifs is 1. The number of imidazole rings is 1. The fourth-order valence-electron chi connectivity index (χ4n) is 3.83. The van der Waals surface area contributed by atoms with Crippen molar-refractivity contribution in [2.75, 3.05) is 36.4 Å². The molecule has 1 saturated carbocycles. The lowest BCUT2D eigenvalue weighted by atomic mass is 9.96. The van der Waals surface area contributed by atoms with Crippen molar-refractivity contribution in [3.63, 3.8) is 0 Å². The fourth-order valence-corrected chi connectivity index (χ4v) is 3.83. The lowest BCUT2D eigenvalue weighted by molar-refractivity contribution is 0.0991. The van der Waals surface area contributed by atoms with Crippen LogP contribution in [-0.2, 0) is 0 Å². The number of nitrogens with zero attached hydrogens (tertiary/aromatic N) is 4. The number of ether oxygens (including phenoxy) is 1. The van der Waals surface area contributed by atoms with Gasteiger partial charge in [0.15, 0.2) is 0 Å². The summed E-state index contributed by atoms with van der Waals surface area (Å²) in [4.78, 5) is 24.3. The fraction of sp³-hybridized carbons (Fsp3) is 0.409. The minimum absolute atomic E-state index is 0. The highest BCUT2D eigenvalue weighted by molar-refractivity contribution is 6.05. The van der Waals surface area contributed by atoms with Gasteiger partial charge < -0.3 is 24.7 Å². The molecule has 5 rings (SSSR count). The molecule has 9 heteroatoms. The van der Waals surface area contributed by atoms with Crippen molar-refractivity contribution in [3.05, 3.63) is 48.0 Å². The first-order chi connectivity index (χ1) is 14.7. The number of piperazine rings is 1. The molecule has 0 bridgehead atoms. The predicted molar refractivity (Wildman–Crippen MR) is 123 cm³/mol. The van der Waals surface area contributed by atoms with Crippen LogP contribution >= 0.6 is 12.4 Å². The van der Waals surface area contributed by atoms with Crippen molar-refractivity contribution in [1.82, 2.24) is 19.7 Å². The van der Waals surface area contributed by atoms with E-state index in [4.69, 9.17) is 4.74 Å². The molecule has 1 aliphatic carbocycles. The average molecular weight is 443 g/mol. The number of carbonyl (C=O) groups is 1. The summed E-state index contributed by atoms with van der Waals surface area (Å²) >= 11 is 0. The van der Waals surface area contributed by atoms with Crippen LogP contribution in [0.4, 0.5) is 11.5 Å². The van der Waals surface area contributed by atoms with E-state index in [1.54, 1.807) is 6.20 Å². The number of nitrogens with one attached hydrogen (secondary N) is 2. The van der Waals surface area contributed by atoms with Crippen LogP contribution in [0.2, 0.25) is 0 Å². The molecule has 0 spiro atoms. The SMILES string of the molecule is Cc1cn2cc(C(=O)Nc3ccc(N4CCNCC4)cn3)c(OC3CCC3)cc2n1.Cl. The topological polar surface area (TPSA) is 83.8 Å². The first-order valence-electron chi connectivity index (χ1n) is 10.5. The van der Waals surface area contributed by atoms with Crippen molar-refractivity contribution in [2.24, 2.45) is 0 Å². The number of anilines is 2. The molecule has 2 fully saturated rings. The Morgan fingerprint density at radius 1 is 1.23 bits per heavy atom. The molecule has 3 aromatic heterocycles. The number of halogens is 1. The molecule has 3 aromatic rings. The van der Waals surface area contributed by atoms with Crippen LogP contribution in [0.25, 0.3) is 5.65 Å². The van der Waals surface area contributed by atoms with Crippen LogP contribution in [0.1, 0.15) is 35.3 Å². The van der Waals surface area contributed by atoms with Gasteiger partial charge in [-0.25, -0.2) is 9.97 Å². The van der Waals surface area contributed by atoms with Crippen molar-refractivity contribution in [2.45, 2.75) is 32.3 Å². The van der Waals surface area contributed by atoms with Crippen molar-refractivity contribution in [3.8, 4) is 5.75 Å². The van der Waals surface area contributed by atoms with Crippen molar-refractivity contribution >= 4 is 35.5 Å². The van der Waals surface area contributed by atoms with E-state index in [0.29, 0.717) is 17.1 Å². The number of aryl methyl sites for hydroxylation is 1. The zero-order chi connectivity index (χ0) is 20.5. The van der Waals surface area contributed by atoms with Crippen LogP contribution in [0.5, 0.6) is 5.75 Å². The monoisotopic (exact) mass is 442 g/mol. The van der Waals surface area contributed by atoms with Gasteiger partial charge >= 0.3 is 0 Å². The molecule has 0 aromatic carbocycles. The maximum absolute atomic E-state index is 13.1. The molecule has 0 radical (unpaired) electrons. The van der Waals surface area contributed by atoms with Gasteiger partial charge in [0, 0.05) is 44.6 Å². The summed E-state index contributed by atoms with van der Waals surface area (Å²) in [5, 5.41) is 6.26. The van der Waals surface area contributed by atoms with E-state index in [9.17, 15) is 4.79 Å². The second-order valence-electron chi connectivity index (χ2n) is 7.96. The molecule has 8 nitrogen and oxygen atoms in total. The Morgan fingerprint density at radius 3 is 2.71 bits per heavy atom. The van der Waals surface area contributed by atoms with Gasteiger partial charge in [0.2, 0.25) is 0 Å². The molecular weight excluding hydrogens is 416 g/mol. The Morgan fingerprint density at radius 2 is 2.03 bits per heavy atom. The zero-order valence-corrected chi connectivity index (χ0v) is 18.3. The minimum atomic E-state index is -0.236. The van der Waals surface area contributed by atoms with Gasteiger partial charge in [-0.05, 0) is 38.3 Å². The van der Waals surface area contributed by atoms with Gasteiger partial charge in [-0.1, -0.05) is 0 Å². The van der Waals surface area contributed by atoms with E-state index >= 15 is 0 Å². The summed E-state index contributed by atoms with van der Waals surface area (Å²) in [5.41, 5.74) is 3.22. The van der Waals surface area contributed by atoms with Crippen LogP contribution in [-0.4, -0.2) is 52.6 Å². The highest BCUT2D eigenvalue weighted by Crippen LogP contribution is 2.29. The van der Waals surface area contributed by atoms with E-state index in [2.05, 4.69) is 25.5 Å². The Labute approximate surface area is 187 Å². The molecule has 0 atom stereocenters. The van der Waals surface area contributed by atoms with E-state index < -0.39 is 0 Å². The molecule has 1 aliphatic heterocycles. The first-order valence-corrected chi connectivity index (χ1v) is 10.5. The third-order valence-corrected chi connectivity index (χ3v) is 5.74. The van der Waals surface area contributed by atoms with Gasteiger partial charge in [-0.15, -0.1) is 12.4 Å². The molecular formula is C22H27ClN6O2. The Balaban J connectivity index is 0.00000231. The highest BCUT2D eigenvalue weighted by atomic mass is 35.5. The molecule has 1 saturated heterocycles. The molecule has 0 unspecified atom stereocenters. The van der Waals surface area contributed by atoms with E-state index in [1.807, 2.05) is 41.9 Å². The van der Waals surface area contributed by atoms with Crippen molar-refractivity contribution < 1.29 is 9.53 Å². The number of hydrogen-bond acceptors (Lipinski definition) is 6. The molecule has 4 heterocycles. The number of hydrogen-bond donors (Lipinski definition) is 2. The summed E-state index contributed by atoms with van der Waals surface area (Å²) in [5.74, 6) is 0.864. The Kier molecular flexibility index (Phi) is 6.29. The van der Waals surface area contributed by atoms with Gasteiger partial charge in [0.25, 0.3) is 5.91 Å². The number of pyridine rings is 2. The van der Waals surface area contributed by atoms with Crippen LogP contribution in [0, 0.1) is 6.92 Å². The molecule has 1 amide bonds. The predicted octanol–water partition coefficient (Wildman–Crippen LogP) is 3.05. The maximum Gasteiger partial charge on any atom is 0.262 e. The average Bonchev–Trinajstić information content (AvgIpc) is 3.10. The number of aromatic nitrogens is 3. The molecule has 31 heavy (non-hydrogen) atoms. The number of amides is 1. The summed E-state index contributed by atoms with van der Waals surface area (Å²) in [7, 11) is 0. The standard InChI is InChI=1S/C22H26N6O2.ClH/c1-15-13-28-14-18(19(11-21(28)25-15)30-17-3-2-4-17)22(29)26-20-6-5-16(12-24-20)27-9-7-23-8-10-27;/h5-6,11-14,17,23H,2-4,7-10H2,1H3,(H,24,26,29);1H. The third-order valence-electron chi connectivity index (χ3n) is 5.74. The van der Waals surface area contributed by atoms with Crippen LogP contribution < -0.4 is 20.3 Å². The quantitative estimate of drug-likeness (QED) is 0.631.